The molecule has 0 aromatic heterocycles. The first kappa shape index (κ1) is 16.7. The van der Waals surface area contributed by atoms with Crippen LogP contribution in [0.4, 0.5) is 8.78 Å². The summed E-state index contributed by atoms with van der Waals surface area (Å²) < 4.78 is 26.2. The monoisotopic (exact) mass is 307 g/mol. The highest BCUT2D eigenvalue weighted by Gasteiger charge is 2.60. The van der Waals surface area contributed by atoms with Gasteiger partial charge in [0.2, 0.25) is 5.91 Å². The van der Waals surface area contributed by atoms with Crippen molar-refractivity contribution in [2.45, 2.75) is 40.7 Å². The van der Waals surface area contributed by atoms with Gasteiger partial charge >= 0.3 is 0 Å². The standard InChI is InChI=1S/C18H23F2NO/c1-10(2)8-13-16(18(13,4)5)17(22)21-11(3)12-6-7-14(19)15(20)9-12/h6-9,11,13,16H,1-5H3,(H,21,22). The molecule has 0 radical (unpaired) electrons. The molecule has 0 spiro atoms. The lowest BCUT2D eigenvalue weighted by atomic mass is 10.1. The Balaban J connectivity index is 2.06. The van der Waals surface area contributed by atoms with Gasteiger partial charge in [0.05, 0.1) is 12.0 Å². The van der Waals surface area contributed by atoms with Crippen LogP contribution in [0.1, 0.15) is 46.2 Å². The van der Waals surface area contributed by atoms with Crippen molar-refractivity contribution in [3.05, 3.63) is 47.0 Å². The number of rotatable bonds is 4. The number of hydrogen-bond donors (Lipinski definition) is 1. The Morgan fingerprint density at radius 1 is 1.27 bits per heavy atom. The van der Waals surface area contributed by atoms with Crippen molar-refractivity contribution in [1.29, 1.82) is 0 Å². The predicted octanol–water partition coefficient (Wildman–Crippen LogP) is 4.38. The van der Waals surface area contributed by atoms with E-state index in [4.69, 9.17) is 0 Å². The van der Waals surface area contributed by atoms with Crippen LogP contribution in [0.25, 0.3) is 0 Å². The van der Waals surface area contributed by atoms with E-state index in [0.29, 0.717) is 5.56 Å². The van der Waals surface area contributed by atoms with Gasteiger partial charge in [0.15, 0.2) is 11.6 Å². The number of carbonyl (C=O) groups excluding carboxylic acids is 1. The van der Waals surface area contributed by atoms with Crippen LogP contribution in [0.3, 0.4) is 0 Å². The SMILES string of the molecule is CC(C)=CC1C(C(=O)NC(C)c2ccc(F)c(F)c2)C1(C)C. The van der Waals surface area contributed by atoms with E-state index in [1.54, 1.807) is 6.92 Å². The first-order chi connectivity index (χ1) is 10.1. The molecule has 2 rings (SSSR count). The normalized spacial score (nSPS) is 23.6. The molecule has 1 fully saturated rings. The Bertz CT molecular complexity index is 618. The molecule has 4 heteroatoms. The predicted molar refractivity (Wildman–Crippen MR) is 83.1 cm³/mol. The largest absolute Gasteiger partial charge is 0.349 e. The molecule has 3 atom stereocenters. The molecule has 1 aromatic rings. The molecule has 1 aliphatic carbocycles. The molecular weight excluding hydrogens is 284 g/mol. The third kappa shape index (κ3) is 3.21. The van der Waals surface area contributed by atoms with Crippen molar-refractivity contribution in [3.63, 3.8) is 0 Å². The Labute approximate surface area is 130 Å². The molecule has 1 N–H and O–H groups in total. The van der Waals surface area contributed by atoms with Crippen LogP contribution >= 0.6 is 0 Å². The van der Waals surface area contributed by atoms with E-state index in [1.807, 2.05) is 13.8 Å². The molecule has 0 bridgehead atoms. The third-order valence-corrected chi connectivity index (χ3v) is 4.51. The number of hydrogen-bond acceptors (Lipinski definition) is 1. The molecule has 2 nitrogen and oxygen atoms in total. The average Bonchev–Trinajstić information content (AvgIpc) is 2.93. The van der Waals surface area contributed by atoms with Gasteiger partial charge < -0.3 is 5.32 Å². The van der Waals surface area contributed by atoms with Gasteiger partial charge in [-0.2, -0.15) is 0 Å². The lowest BCUT2D eigenvalue weighted by Gasteiger charge is -2.15. The highest BCUT2D eigenvalue weighted by molar-refractivity contribution is 5.84. The van der Waals surface area contributed by atoms with Crippen LogP contribution in [0.15, 0.2) is 29.8 Å². The number of carbonyl (C=O) groups is 1. The Morgan fingerprint density at radius 2 is 1.91 bits per heavy atom. The van der Waals surface area contributed by atoms with Crippen LogP contribution < -0.4 is 5.32 Å². The summed E-state index contributed by atoms with van der Waals surface area (Å²) in [7, 11) is 0. The number of amides is 1. The smallest absolute Gasteiger partial charge is 0.224 e. The number of allylic oxidation sites excluding steroid dienone is 2. The maximum absolute atomic E-state index is 13.3. The zero-order valence-corrected chi connectivity index (χ0v) is 13.7. The maximum atomic E-state index is 13.3. The highest BCUT2D eigenvalue weighted by atomic mass is 19.2. The fourth-order valence-corrected chi connectivity index (χ4v) is 3.02. The van der Waals surface area contributed by atoms with E-state index in [9.17, 15) is 13.6 Å². The second-order valence-corrected chi connectivity index (χ2v) is 6.97. The molecule has 1 amide bonds. The van der Waals surface area contributed by atoms with Crippen LogP contribution in [0, 0.1) is 28.9 Å². The second-order valence-electron chi connectivity index (χ2n) is 6.97. The summed E-state index contributed by atoms with van der Waals surface area (Å²) in [5, 5.41) is 2.91. The summed E-state index contributed by atoms with van der Waals surface area (Å²) in [6.45, 7) is 9.96. The topological polar surface area (TPSA) is 29.1 Å². The minimum atomic E-state index is -0.896. The fourth-order valence-electron chi connectivity index (χ4n) is 3.02. The molecular formula is C18H23F2NO. The van der Waals surface area contributed by atoms with E-state index in [2.05, 4.69) is 25.2 Å². The summed E-state index contributed by atoms with van der Waals surface area (Å²) >= 11 is 0. The van der Waals surface area contributed by atoms with Crippen molar-refractivity contribution in [2.24, 2.45) is 17.3 Å². The molecule has 0 heterocycles. The van der Waals surface area contributed by atoms with Gasteiger partial charge in [0, 0.05) is 0 Å². The summed E-state index contributed by atoms with van der Waals surface area (Å²) in [4.78, 5) is 12.4. The van der Waals surface area contributed by atoms with E-state index in [-0.39, 0.29) is 29.2 Å². The maximum Gasteiger partial charge on any atom is 0.224 e. The van der Waals surface area contributed by atoms with Gasteiger partial charge in [0.1, 0.15) is 0 Å². The number of halogens is 2. The summed E-state index contributed by atoms with van der Waals surface area (Å²) in [6, 6.07) is 3.35. The highest BCUT2D eigenvalue weighted by Crippen LogP contribution is 2.59. The van der Waals surface area contributed by atoms with Gasteiger partial charge in [-0.15, -0.1) is 0 Å². The first-order valence-corrected chi connectivity index (χ1v) is 7.55. The molecule has 0 saturated heterocycles. The Kier molecular flexibility index (Phi) is 4.41. The molecule has 1 aromatic carbocycles. The van der Waals surface area contributed by atoms with Crippen molar-refractivity contribution in [2.75, 3.05) is 0 Å². The van der Waals surface area contributed by atoms with Gasteiger partial charge in [-0.3, -0.25) is 4.79 Å². The van der Waals surface area contributed by atoms with Crippen LogP contribution in [-0.4, -0.2) is 5.91 Å². The van der Waals surface area contributed by atoms with Gasteiger partial charge in [-0.1, -0.05) is 31.6 Å². The minimum Gasteiger partial charge on any atom is -0.349 e. The summed E-state index contributed by atoms with van der Waals surface area (Å²) in [5.74, 6) is -1.66. The van der Waals surface area contributed by atoms with E-state index in [0.717, 1.165) is 12.1 Å². The van der Waals surface area contributed by atoms with Crippen LogP contribution in [0.2, 0.25) is 0 Å². The number of nitrogens with one attached hydrogen (secondary N) is 1. The quantitative estimate of drug-likeness (QED) is 0.822. The van der Waals surface area contributed by atoms with E-state index in [1.165, 1.54) is 11.6 Å². The van der Waals surface area contributed by atoms with Crippen molar-refractivity contribution < 1.29 is 13.6 Å². The van der Waals surface area contributed by atoms with Gasteiger partial charge in [-0.25, -0.2) is 8.78 Å². The van der Waals surface area contributed by atoms with Gasteiger partial charge in [-0.05, 0) is 49.8 Å². The zero-order valence-electron chi connectivity index (χ0n) is 13.7. The lowest BCUT2D eigenvalue weighted by Crippen LogP contribution is -2.29. The zero-order chi connectivity index (χ0) is 16.7. The summed E-state index contributed by atoms with van der Waals surface area (Å²) in [5.41, 5.74) is 1.70. The Hall–Kier alpha value is -1.71. The van der Waals surface area contributed by atoms with Crippen LogP contribution in [-0.2, 0) is 4.79 Å². The van der Waals surface area contributed by atoms with E-state index < -0.39 is 11.6 Å². The fraction of sp³-hybridized carbons (Fsp3) is 0.500. The second kappa shape index (κ2) is 5.82. The lowest BCUT2D eigenvalue weighted by molar-refractivity contribution is -0.123. The van der Waals surface area contributed by atoms with Crippen molar-refractivity contribution in [1.82, 2.24) is 5.32 Å². The summed E-state index contributed by atoms with van der Waals surface area (Å²) in [6.07, 6.45) is 2.13. The third-order valence-electron chi connectivity index (χ3n) is 4.51. The van der Waals surface area contributed by atoms with Crippen molar-refractivity contribution in [3.8, 4) is 0 Å². The molecule has 22 heavy (non-hydrogen) atoms. The van der Waals surface area contributed by atoms with Crippen molar-refractivity contribution >= 4 is 5.91 Å². The number of benzene rings is 1. The first-order valence-electron chi connectivity index (χ1n) is 7.55. The molecule has 0 aliphatic heterocycles. The molecule has 1 aliphatic rings. The average molecular weight is 307 g/mol. The van der Waals surface area contributed by atoms with Crippen LogP contribution in [0.5, 0.6) is 0 Å². The molecule has 1 saturated carbocycles. The minimum absolute atomic E-state index is 0.0373. The molecule has 120 valence electrons. The molecule has 3 unspecified atom stereocenters. The Morgan fingerprint density at radius 3 is 2.45 bits per heavy atom. The van der Waals surface area contributed by atoms with E-state index >= 15 is 0 Å². The van der Waals surface area contributed by atoms with Gasteiger partial charge in [0.25, 0.3) is 0 Å².